The van der Waals surface area contributed by atoms with E-state index >= 15 is 0 Å². The first kappa shape index (κ1) is 13.5. The number of nitrogens with one attached hydrogen (secondary N) is 1. The first-order valence-electron chi connectivity index (χ1n) is 8.11. The summed E-state index contributed by atoms with van der Waals surface area (Å²) in [5.74, 6) is 0.784. The molecule has 110 valence electrons. The van der Waals surface area contributed by atoms with E-state index in [1.807, 2.05) is 11.3 Å². The van der Waals surface area contributed by atoms with Crippen molar-refractivity contribution in [3.63, 3.8) is 0 Å². The van der Waals surface area contributed by atoms with Crippen molar-refractivity contribution >= 4 is 11.3 Å². The maximum Gasteiger partial charge on any atom is 0.115 e. The number of rotatable bonds is 4. The van der Waals surface area contributed by atoms with Gasteiger partial charge < -0.3 is 5.32 Å². The molecule has 0 saturated heterocycles. The third-order valence-corrected chi connectivity index (χ3v) is 5.94. The van der Waals surface area contributed by atoms with Crippen LogP contribution in [0.25, 0.3) is 0 Å². The Morgan fingerprint density at radius 3 is 2.76 bits per heavy atom. The van der Waals surface area contributed by atoms with Gasteiger partial charge in [-0.15, -0.1) is 11.3 Å². The molecule has 1 aromatic heterocycles. The maximum atomic E-state index is 4.98. The summed E-state index contributed by atoms with van der Waals surface area (Å²) >= 11 is 1.93. The van der Waals surface area contributed by atoms with Gasteiger partial charge in [-0.05, 0) is 62.6 Å². The second-order valence-electron chi connectivity index (χ2n) is 6.25. The SMILES string of the molecule is CNC(c1nc2c(s1)CCCC2)c1ccccc1C1CC1. The molecule has 0 bridgehead atoms. The molecular formula is C18H22N2S. The Morgan fingerprint density at radius 1 is 1.19 bits per heavy atom. The van der Waals surface area contributed by atoms with E-state index in [0.29, 0.717) is 0 Å². The second-order valence-corrected chi connectivity index (χ2v) is 7.37. The fraction of sp³-hybridized carbons (Fsp3) is 0.500. The highest BCUT2D eigenvalue weighted by atomic mass is 32.1. The van der Waals surface area contributed by atoms with E-state index < -0.39 is 0 Å². The minimum Gasteiger partial charge on any atom is -0.307 e. The number of nitrogens with zero attached hydrogens (tertiary/aromatic N) is 1. The molecule has 1 fully saturated rings. The molecular weight excluding hydrogens is 276 g/mol. The van der Waals surface area contributed by atoms with Crippen molar-refractivity contribution in [2.45, 2.75) is 50.5 Å². The molecule has 0 aliphatic heterocycles. The Bertz CT molecular complexity index is 619. The van der Waals surface area contributed by atoms with Gasteiger partial charge in [0.15, 0.2) is 0 Å². The average molecular weight is 298 g/mol. The van der Waals surface area contributed by atoms with E-state index in [4.69, 9.17) is 4.98 Å². The third-order valence-electron chi connectivity index (χ3n) is 4.72. The molecule has 2 aromatic rings. The van der Waals surface area contributed by atoms with Gasteiger partial charge in [-0.1, -0.05) is 24.3 Å². The van der Waals surface area contributed by atoms with Gasteiger partial charge in [0, 0.05) is 4.88 Å². The number of aryl methyl sites for hydroxylation is 2. The zero-order valence-electron chi connectivity index (χ0n) is 12.6. The summed E-state index contributed by atoms with van der Waals surface area (Å²) in [7, 11) is 2.06. The minimum absolute atomic E-state index is 0.261. The van der Waals surface area contributed by atoms with Crippen molar-refractivity contribution < 1.29 is 0 Å². The highest BCUT2D eigenvalue weighted by Gasteiger charge is 2.29. The van der Waals surface area contributed by atoms with Gasteiger partial charge in [-0.25, -0.2) is 4.98 Å². The van der Waals surface area contributed by atoms with Crippen LogP contribution in [0.15, 0.2) is 24.3 Å². The lowest BCUT2D eigenvalue weighted by Crippen LogP contribution is -2.19. The fourth-order valence-corrected chi connectivity index (χ4v) is 4.73. The van der Waals surface area contributed by atoms with Crippen LogP contribution in [-0.2, 0) is 12.8 Å². The molecule has 4 rings (SSSR count). The molecule has 21 heavy (non-hydrogen) atoms. The third kappa shape index (κ3) is 2.53. The van der Waals surface area contributed by atoms with Crippen LogP contribution in [0.5, 0.6) is 0 Å². The molecule has 1 atom stereocenters. The summed E-state index contributed by atoms with van der Waals surface area (Å²) < 4.78 is 0. The summed E-state index contributed by atoms with van der Waals surface area (Å²) in [5.41, 5.74) is 4.34. The van der Waals surface area contributed by atoms with Crippen LogP contribution in [0.4, 0.5) is 0 Å². The summed E-state index contributed by atoms with van der Waals surface area (Å²) in [4.78, 5) is 6.50. The molecule has 3 heteroatoms. The van der Waals surface area contributed by atoms with E-state index in [2.05, 4.69) is 36.6 Å². The lowest BCUT2D eigenvalue weighted by Gasteiger charge is -2.18. The number of hydrogen-bond acceptors (Lipinski definition) is 3. The minimum atomic E-state index is 0.261. The Hall–Kier alpha value is -1.19. The summed E-state index contributed by atoms with van der Waals surface area (Å²) in [6, 6.07) is 9.20. The number of fused-ring (bicyclic) bond motifs is 1. The Morgan fingerprint density at radius 2 is 2.00 bits per heavy atom. The van der Waals surface area contributed by atoms with Crippen LogP contribution in [0, 0.1) is 0 Å². The first-order chi connectivity index (χ1) is 10.4. The van der Waals surface area contributed by atoms with Gasteiger partial charge >= 0.3 is 0 Å². The predicted octanol–water partition coefficient (Wildman–Crippen LogP) is 4.21. The normalized spacial score (nSPS) is 19.3. The highest BCUT2D eigenvalue weighted by molar-refractivity contribution is 7.11. The summed E-state index contributed by atoms with van der Waals surface area (Å²) in [5, 5.41) is 4.78. The first-order valence-corrected chi connectivity index (χ1v) is 8.93. The number of aromatic nitrogens is 1. The van der Waals surface area contributed by atoms with Crippen molar-refractivity contribution in [1.29, 1.82) is 0 Å². The number of hydrogen-bond donors (Lipinski definition) is 1. The van der Waals surface area contributed by atoms with Gasteiger partial charge in [0.05, 0.1) is 11.7 Å². The second kappa shape index (κ2) is 5.54. The molecule has 1 heterocycles. The van der Waals surface area contributed by atoms with Crippen LogP contribution < -0.4 is 5.32 Å². The van der Waals surface area contributed by atoms with Crippen molar-refractivity contribution in [3.8, 4) is 0 Å². The predicted molar refractivity (Wildman–Crippen MR) is 88.1 cm³/mol. The van der Waals surface area contributed by atoms with Crippen molar-refractivity contribution in [3.05, 3.63) is 51.0 Å². The number of benzene rings is 1. The lowest BCUT2D eigenvalue weighted by atomic mass is 9.97. The van der Waals surface area contributed by atoms with Gasteiger partial charge in [-0.2, -0.15) is 0 Å². The molecule has 2 nitrogen and oxygen atoms in total. The van der Waals surface area contributed by atoms with Crippen molar-refractivity contribution in [2.24, 2.45) is 0 Å². The molecule has 1 aromatic carbocycles. The van der Waals surface area contributed by atoms with E-state index in [-0.39, 0.29) is 6.04 Å². The van der Waals surface area contributed by atoms with E-state index in [9.17, 15) is 0 Å². The smallest absolute Gasteiger partial charge is 0.115 e. The quantitative estimate of drug-likeness (QED) is 0.914. The number of thiazole rings is 1. The monoisotopic (exact) mass is 298 g/mol. The van der Waals surface area contributed by atoms with E-state index in [1.165, 1.54) is 65.2 Å². The maximum absolute atomic E-state index is 4.98. The van der Waals surface area contributed by atoms with Crippen LogP contribution >= 0.6 is 11.3 Å². The fourth-order valence-electron chi connectivity index (χ4n) is 3.45. The van der Waals surface area contributed by atoms with E-state index in [1.54, 1.807) is 0 Å². The molecule has 2 aliphatic rings. The van der Waals surface area contributed by atoms with Crippen molar-refractivity contribution in [2.75, 3.05) is 7.05 Å². The Kier molecular flexibility index (Phi) is 3.56. The Labute approximate surface area is 130 Å². The summed E-state index contributed by atoms with van der Waals surface area (Å²) in [6.07, 6.45) is 7.74. The zero-order chi connectivity index (χ0) is 14.2. The topological polar surface area (TPSA) is 24.9 Å². The van der Waals surface area contributed by atoms with Gasteiger partial charge in [0.2, 0.25) is 0 Å². The molecule has 1 unspecified atom stereocenters. The standard InChI is InChI=1S/C18H22N2S/c1-19-17(14-7-3-2-6-13(14)12-10-11-12)18-20-15-8-4-5-9-16(15)21-18/h2-3,6-7,12,17,19H,4-5,8-11H2,1H3. The Balaban J connectivity index is 1.73. The molecule has 0 spiro atoms. The van der Waals surface area contributed by atoms with Crippen LogP contribution in [0.2, 0.25) is 0 Å². The molecule has 2 aliphatic carbocycles. The van der Waals surface area contributed by atoms with Gasteiger partial charge in [0.1, 0.15) is 5.01 Å². The highest BCUT2D eigenvalue weighted by Crippen LogP contribution is 2.44. The average Bonchev–Trinajstić information content (AvgIpc) is 3.28. The summed E-state index contributed by atoms with van der Waals surface area (Å²) in [6.45, 7) is 0. The van der Waals surface area contributed by atoms with Crippen LogP contribution in [0.3, 0.4) is 0 Å². The van der Waals surface area contributed by atoms with E-state index in [0.717, 1.165) is 5.92 Å². The molecule has 1 saturated carbocycles. The van der Waals surface area contributed by atoms with Crippen LogP contribution in [0.1, 0.15) is 64.3 Å². The van der Waals surface area contributed by atoms with Crippen LogP contribution in [-0.4, -0.2) is 12.0 Å². The van der Waals surface area contributed by atoms with Gasteiger partial charge in [0.25, 0.3) is 0 Å². The van der Waals surface area contributed by atoms with Crippen molar-refractivity contribution in [1.82, 2.24) is 10.3 Å². The molecule has 1 N–H and O–H groups in total. The molecule has 0 amide bonds. The largest absolute Gasteiger partial charge is 0.307 e. The zero-order valence-corrected chi connectivity index (χ0v) is 13.4. The lowest BCUT2D eigenvalue weighted by molar-refractivity contribution is 0.657. The van der Waals surface area contributed by atoms with Gasteiger partial charge in [-0.3, -0.25) is 0 Å². The molecule has 0 radical (unpaired) electrons.